The number of carbonyl (C=O) groups excluding carboxylic acids is 2. The molecule has 38 heavy (non-hydrogen) atoms. The van der Waals surface area contributed by atoms with Crippen LogP contribution in [0.2, 0.25) is 0 Å². The fraction of sp³-hybridized carbons (Fsp3) is 0.375. The molecule has 0 saturated heterocycles. The normalized spacial score (nSPS) is 11.0. The van der Waals surface area contributed by atoms with E-state index in [1.807, 2.05) is 6.92 Å². The lowest BCUT2D eigenvalue weighted by molar-refractivity contribution is 0.0596. The van der Waals surface area contributed by atoms with Crippen LogP contribution in [0.25, 0.3) is 0 Å². The van der Waals surface area contributed by atoms with E-state index in [1.165, 1.54) is 33.5 Å². The van der Waals surface area contributed by atoms with Crippen molar-refractivity contribution in [3.8, 4) is 11.5 Å². The minimum Gasteiger partial charge on any atom is -0.495 e. The van der Waals surface area contributed by atoms with E-state index in [4.69, 9.17) is 20.9 Å². The molecular weight excluding hydrogens is 538 g/mol. The second kappa shape index (κ2) is 13.2. The van der Waals surface area contributed by atoms with Crippen molar-refractivity contribution in [2.45, 2.75) is 36.5 Å². The molecule has 0 fully saturated rings. The van der Waals surface area contributed by atoms with Crippen LogP contribution in [0.1, 0.15) is 45.7 Å². The third-order valence-electron chi connectivity index (χ3n) is 5.17. The Labute approximate surface area is 222 Å². The molecule has 12 nitrogen and oxygen atoms in total. The van der Waals surface area contributed by atoms with E-state index in [9.17, 15) is 26.4 Å². The molecule has 0 unspecified atom stereocenters. The smallest absolute Gasteiger partial charge is 0.341 e. The van der Waals surface area contributed by atoms with Gasteiger partial charge in [-0.1, -0.05) is 26.0 Å². The Morgan fingerprint density at radius 2 is 1.16 bits per heavy atom. The third-order valence-corrected chi connectivity index (χ3v) is 7.54. The Bertz CT molecular complexity index is 1440. The van der Waals surface area contributed by atoms with Gasteiger partial charge in [-0.25, -0.2) is 21.6 Å². The minimum atomic E-state index is -3.56. The molecule has 0 atom stereocenters. The average molecular weight is 572 g/mol. The first-order valence-corrected chi connectivity index (χ1v) is 14.9. The Morgan fingerprint density at radius 1 is 0.763 bits per heavy atom. The van der Waals surface area contributed by atoms with Gasteiger partial charge in [-0.3, -0.25) is 4.79 Å². The molecule has 0 aromatic heterocycles. The van der Waals surface area contributed by atoms with Gasteiger partial charge >= 0.3 is 5.97 Å². The zero-order valence-corrected chi connectivity index (χ0v) is 23.9. The van der Waals surface area contributed by atoms with Crippen LogP contribution in [0.4, 0.5) is 0 Å². The molecule has 210 valence electrons. The number of carbonyl (C=O) groups is 2. The van der Waals surface area contributed by atoms with Gasteiger partial charge in [0.15, 0.2) is 37.1 Å². The number of sulfone groups is 2. The summed E-state index contributed by atoms with van der Waals surface area (Å²) in [7, 11) is -3.20. The summed E-state index contributed by atoms with van der Waals surface area (Å²) in [5.41, 5.74) is 11.6. The van der Waals surface area contributed by atoms with Gasteiger partial charge in [0.2, 0.25) is 0 Å². The highest BCUT2D eigenvalue weighted by molar-refractivity contribution is 7.91. The van der Waals surface area contributed by atoms with E-state index in [1.54, 1.807) is 19.1 Å². The minimum absolute atomic E-state index is 0.00137. The molecular formula is C24H33N3O9S2. The standard InChI is InChI=1S/C12H17N3O4S.C12H16O5S/c1-4-7-5-6-8(11(16)15-12(13)14)9(19-2)10(7)20(3,17)18;1-5-8-6-7-9(12(13)17-3)10(16-2)11(8)18(4,14)15/h5-6H,4H2,1-3H3,(H4,13,14,15,16);6-7H,5H2,1-4H3. The molecule has 4 N–H and O–H groups in total. The van der Waals surface area contributed by atoms with Gasteiger partial charge < -0.3 is 25.7 Å². The molecule has 0 aliphatic rings. The maximum Gasteiger partial charge on any atom is 0.341 e. The quantitative estimate of drug-likeness (QED) is 0.265. The lowest BCUT2D eigenvalue weighted by atomic mass is 10.1. The molecule has 0 aliphatic carbocycles. The number of esters is 1. The highest BCUT2D eigenvalue weighted by atomic mass is 32.2. The van der Waals surface area contributed by atoms with Crippen molar-refractivity contribution >= 4 is 37.5 Å². The van der Waals surface area contributed by atoms with E-state index in [2.05, 4.69) is 9.73 Å². The van der Waals surface area contributed by atoms with Crippen molar-refractivity contribution in [2.75, 3.05) is 33.8 Å². The lowest BCUT2D eigenvalue weighted by Crippen LogP contribution is -2.24. The zero-order chi connectivity index (χ0) is 29.4. The summed E-state index contributed by atoms with van der Waals surface area (Å²) in [4.78, 5) is 26.9. The predicted molar refractivity (Wildman–Crippen MR) is 142 cm³/mol. The van der Waals surface area contributed by atoms with Gasteiger partial charge in [-0.2, -0.15) is 4.99 Å². The van der Waals surface area contributed by atoms with Crippen molar-refractivity contribution in [1.29, 1.82) is 0 Å². The number of guanidine groups is 1. The summed E-state index contributed by atoms with van der Waals surface area (Å²) in [6.45, 7) is 3.64. The van der Waals surface area contributed by atoms with Crippen LogP contribution in [0, 0.1) is 0 Å². The van der Waals surface area contributed by atoms with E-state index in [0.29, 0.717) is 24.0 Å². The number of hydrogen-bond acceptors (Lipinski definition) is 9. The molecule has 0 saturated carbocycles. The molecule has 1 amide bonds. The second-order valence-electron chi connectivity index (χ2n) is 7.85. The molecule has 2 aromatic rings. The predicted octanol–water partition coefficient (Wildman–Crippen LogP) is 1.52. The van der Waals surface area contributed by atoms with Crippen LogP contribution in [0.15, 0.2) is 39.0 Å². The number of aryl methyl sites for hydroxylation is 2. The first-order valence-electron chi connectivity index (χ1n) is 11.1. The lowest BCUT2D eigenvalue weighted by Gasteiger charge is -2.14. The monoisotopic (exact) mass is 571 g/mol. The summed E-state index contributed by atoms with van der Waals surface area (Å²) in [6, 6.07) is 6.11. The SMILES string of the molecule is CCc1ccc(C(=O)N=C(N)N)c(OC)c1S(C)(=O)=O.CCc1ccc(C(=O)OC)c(OC)c1S(C)(=O)=O. The first-order chi connectivity index (χ1) is 17.6. The van der Waals surface area contributed by atoms with Crippen LogP contribution >= 0.6 is 0 Å². The van der Waals surface area contributed by atoms with Crippen molar-refractivity contribution in [3.05, 3.63) is 46.5 Å². The molecule has 0 aliphatic heterocycles. The number of rotatable bonds is 8. The maximum atomic E-state index is 11.9. The van der Waals surface area contributed by atoms with Gasteiger partial charge in [0.1, 0.15) is 15.4 Å². The Kier molecular flexibility index (Phi) is 11.3. The Hall–Kier alpha value is -3.65. The van der Waals surface area contributed by atoms with E-state index in [-0.39, 0.29) is 32.4 Å². The topological polar surface area (TPSA) is 195 Å². The van der Waals surface area contributed by atoms with Gasteiger partial charge in [0.05, 0.1) is 26.9 Å². The summed E-state index contributed by atoms with van der Waals surface area (Å²) >= 11 is 0. The van der Waals surface area contributed by atoms with Crippen molar-refractivity contribution in [3.63, 3.8) is 0 Å². The van der Waals surface area contributed by atoms with E-state index >= 15 is 0 Å². The number of hydrogen-bond donors (Lipinski definition) is 2. The van der Waals surface area contributed by atoms with Gasteiger partial charge in [0.25, 0.3) is 5.91 Å². The summed E-state index contributed by atoms with van der Waals surface area (Å²) in [6.07, 6.45) is 3.15. The fourth-order valence-electron chi connectivity index (χ4n) is 3.60. The number of nitrogens with zero attached hydrogens (tertiary/aromatic N) is 1. The van der Waals surface area contributed by atoms with E-state index in [0.717, 1.165) is 12.5 Å². The number of aliphatic imine (C=N–C) groups is 1. The molecule has 2 rings (SSSR count). The fourth-order valence-corrected chi connectivity index (χ4v) is 6.04. The Balaban J connectivity index is 0.000000382. The number of benzene rings is 2. The van der Waals surface area contributed by atoms with Crippen LogP contribution in [0.5, 0.6) is 11.5 Å². The van der Waals surface area contributed by atoms with Crippen LogP contribution in [-0.2, 0) is 37.3 Å². The van der Waals surface area contributed by atoms with Crippen LogP contribution < -0.4 is 20.9 Å². The van der Waals surface area contributed by atoms with Crippen LogP contribution in [-0.4, -0.2) is 68.5 Å². The van der Waals surface area contributed by atoms with Crippen molar-refractivity contribution in [2.24, 2.45) is 16.5 Å². The number of amides is 1. The molecule has 0 spiro atoms. The molecule has 0 radical (unpaired) electrons. The highest BCUT2D eigenvalue weighted by Gasteiger charge is 2.26. The van der Waals surface area contributed by atoms with E-state index < -0.39 is 37.5 Å². The molecule has 14 heteroatoms. The summed E-state index contributed by atoms with van der Waals surface area (Å²) in [5, 5.41) is 0. The maximum absolute atomic E-state index is 11.9. The largest absolute Gasteiger partial charge is 0.495 e. The van der Waals surface area contributed by atoms with Gasteiger partial charge in [-0.05, 0) is 36.1 Å². The van der Waals surface area contributed by atoms with Crippen molar-refractivity contribution < 1.29 is 40.6 Å². The summed E-state index contributed by atoms with van der Waals surface area (Å²) < 4.78 is 62.3. The first kappa shape index (κ1) is 32.4. The average Bonchev–Trinajstić information content (AvgIpc) is 2.84. The van der Waals surface area contributed by atoms with Gasteiger partial charge in [0, 0.05) is 12.5 Å². The highest BCUT2D eigenvalue weighted by Crippen LogP contribution is 2.33. The van der Waals surface area contributed by atoms with Crippen LogP contribution in [0.3, 0.4) is 0 Å². The Morgan fingerprint density at radius 3 is 1.47 bits per heavy atom. The zero-order valence-electron chi connectivity index (χ0n) is 22.3. The molecule has 0 bridgehead atoms. The number of nitrogens with two attached hydrogens (primary N) is 2. The summed E-state index contributed by atoms with van der Waals surface area (Å²) in [5.74, 6) is -1.78. The molecule has 0 heterocycles. The van der Waals surface area contributed by atoms with Gasteiger partial charge in [-0.15, -0.1) is 0 Å². The van der Waals surface area contributed by atoms with Crippen molar-refractivity contribution in [1.82, 2.24) is 0 Å². The molecule has 2 aromatic carbocycles. The number of ether oxygens (including phenoxy) is 3. The number of methoxy groups -OCH3 is 3. The third kappa shape index (κ3) is 7.68. The second-order valence-corrected chi connectivity index (χ2v) is 11.8.